The summed E-state index contributed by atoms with van der Waals surface area (Å²) in [6.07, 6.45) is 4.89. The Morgan fingerprint density at radius 3 is 2.33 bits per heavy atom. The molecular weight excluding hydrogens is 182 g/mol. The maximum absolute atomic E-state index is 4.18. The Bertz CT molecular complexity index is 355. The molecule has 76 valence electrons. The Morgan fingerprint density at radius 2 is 1.73 bits per heavy atom. The molecule has 0 saturated carbocycles. The van der Waals surface area contributed by atoms with E-state index in [1.807, 2.05) is 18.5 Å². The fraction of sp³-hybridized carbons (Fsp3) is 0.214. The highest BCUT2D eigenvalue weighted by Crippen LogP contribution is 2.26. The molecule has 0 aliphatic heterocycles. The van der Waals surface area contributed by atoms with Crippen molar-refractivity contribution in [3.63, 3.8) is 0 Å². The third kappa shape index (κ3) is 2.24. The van der Waals surface area contributed by atoms with Crippen molar-refractivity contribution in [2.24, 2.45) is 0 Å². The van der Waals surface area contributed by atoms with Crippen molar-refractivity contribution in [1.29, 1.82) is 0 Å². The molecule has 0 fully saturated rings. The maximum atomic E-state index is 4.18. The zero-order chi connectivity index (χ0) is 10.5. The smallest absolute Gasteiger partial charge is 0.0306 e. The molecular formula is C14H15N. The summed E-state index contributed by atoms with van der Waals surface area (Å²) in [6, 6.07) is 14.7. The monoisotopic (exact) mass is 197 g/mol. The zero-order valence-corrected chi connectivity index (χ0v) is 8.93. The van der Waals surface area contributed by atoms with Gasteiger partial charge >= 0.3 is 0 Å². The standard InChI is InChI=1S/C14H15N/c1-2-14(12-7-4-3-5-8-12)13-9-6-10-15-11-13/h3-11,14H,2H2,1H3/t14-/m1/s1. The number of nitrogens with zero attached hydrogens (tertiary/aromatic N) is 1. The van der Waals surface area contributed by atoms with Gasteiger partial charge in [-0.1, -0.05) is 43.3 Å². The molecule has 2 aromatic rings. The molecule has 1 nitrogen and oxygen atoms in total. The van der Waals surface area contributed by atoms with Crippen molar-refractivity contribution in [3.8, 4) is 0 Å². The molecule has 2 rings (SSSR count). The van der Waals surface area contributed by atoms with Gasteiger partial charge in [-0.05, 0) is 23.6 Å². The van der Waals surface area contributed by atoms with Gasteiger partial charge in [-0.3, -0.25) is 4.98 Å². The highest BCUT2D eigenvalue weighted by Gasteiger charge is 2.10. The Balaban J connectivity index is 2.34. The van der Waals surface area contributed by atoms with E-state index in [0.29, 0.717) is 5.92 Å². The van der Waals surface area contributed by atoms with Crippen LogP contribution in [0.2, 0.25) is 0 Å². The molecule has 0 spiro atoms. The van der Waals surface area contributed by atoms with Crippen LogP contribution >= 0.6 is 0 Å². The van der Waals surface area contributed by atoms with E-state index in [4.69, 9.17) is 0 Å². The van der Waals surface area contributed by atoms with Gasteiger partial charge in [0.1, 0.15) is 0 Å². The van der Waals surface area contributed by atoms with E-state index in [2.05, 4.69) is 48.3 Å². The van der Waals surface area contributed by atoms with Gasteiger partial charge in [0, 0.05) is 18.3 Å². The predicted molar refractivity (Wildman–Crippen MR) is 62.8 cm³/mol. The topological polar surface area (TPSA) is 12.9 Å². The third-order valence-corrected chi connectivity index (χ3v) is 2.70. The van der Waals surface area contributed by atoms with Crippen molar-refractivity contribution in [2.45, 2.75) is 19.3 Å². The second-order valence-corrected chi connectivity index (χ2v) is 3.66. The van der Waals surface area contributed by atoms with Crippen LogP contribution in [0.4, 0.5) is 0 Å². The highest BCUT2D eigenvalue weighted by molar-refractivity contribution is 5.30. The lowest BCUT2D eigenvalue weighted by molar-refractivity contribution is 0.773. The van der Waals surface area contributed by atoms with Crippen LogP contribution in [0.15, 0.2) is 54.9 Å². The van der Waals surface area contributed by atoms with Crippen LogP contribution in [0.1, 0.15) is 30.4 Å². The quantitative estimate of drug-likeness (QED) is 0.732. The van der Waals surface area contributed by atoms with Crippen LogP contribution in [0, 0.1) is 0 Å². The summed E-state index contributed by atoms with van der Waals surface area (Å²) in [5.41, 5.74) is 2.67. The van der Waals surface area contributed by atoms with Crippen LogP contribution in [0.3, 0.4) is 0 Å². The van der Waals surface area contributed by atoms with Gasteiger partial charge < -0.3 is 0 Å². The first-order valence-electron chi connectivity index (χ1n) is 5.36. The zero-order valence-electron chi connectivity index (χ0n) is 8.93. The fourth-order valence-corrected chi connectivity index (χ4v) is 1.93. The van der Waals surface area contributed by atoms with Crippen LogP contribution in [-0.2, 0) is 0 Å². The lowest BCUT2D eigenvalue weighted by Gasteiger charge is -2.14. The van der Waals surface area contributed by atoms with E-state index in [9.17, 15) is 0 Å². The number of pyridine rings is 1. The number of rotatable bonds is 3. The van der Waals surface area contributed by atoms with Crippen LogP contribution in [0.5, 0.6) is 0 Å². The molecule has 0 amide bonds. The van der Waals surface area contributed by atoms with Gasteiger partial charge in [0.15, 0.2) is 0 Å². The predicted octanol–water partition coefficient (Wildman–Crippen LogP) is 3.62. The molecule has 1 aromatic carbocycles. The van der Waals surface area contributed by atoms with Crippen LogP contribution in [-0.4, -0.2) is 4.98 Å². The molecule has 0 saturated heterocycles. The summed E-state index contributed by atoms with van der Waals surface area (Å²) in [7, 11) is 0. The van der Waals surface area contributed by atoms with Gasteiger partial charge in [0.25, 0.3) is 0 Å². The van der Waals surface area contributed by atoms with Crippen molar-refractivity contribution >= 4 is 0 Å². The Hall–Kier alpha value is -1.63. The first kappa shape index (κ1) is 9.91. The lowest BCUT2D eigenvalue weighted by Crippen LogP contribution is -1.99. The molecule has 15 heavy (non-hydrogen) atoms. The molecule has 0 unspecified atom stereocenters. The fourth-order valence-electron chi connectivity index (χ4n) is 1.93. The molecule has 1 heterocycles. The molecule has 1 heteroatoms. The molecule has 0 bridgehead atoms. The average Bonchev–Trinajstić information content (AvgIpc) is 2.33. The molecule has 1 atom stereocenters. The second-order valence-electron chi connectivity index (χ2n) is 3.66. The SMILES string of the molecule is CC[C@H](c1ccccc1)c1cccnc1. The minimum absolute atomic E-state index is 0.472. The Kier molecular flexibility index (Phi) is 3.13. The van der Waals surface area contributed by atoms with Crippen molar-refractivity contribution < 1.29 is 0 Å². The molecule has 0 radical (unpaired) electrons. The van der Waals surface area contributed by atoms with Crippen molar-refractivity contribution in [3.05, 3.63) is 66.0 Å². The molecule has 0 N–H and O–H groups in total. The number of hydrogen-bond acceptors (Lipinski definition) is 1. The number of benzene rings is 1. The summed E-state index contributed by atoms with van der Waals surface area (Å²) in [6.45, 7) is 2.21. The average molecular weight is 197 g/mol. The van der Waals surface area contributed by atoms with Gasteiger partial charge in [0.05, 0.1) is 0 Å². The second kappa shape index (κ2) is 4.74. The summed E-state index contributed by atoms with van der Waals surface area (Å²) >= 11 is 0. The van der Waals surface area contributed by atoms with Gasteiger partial charge in [0.2, 0.25) is 0 Å². The van der Waals surface area contributed by atoms with Gasteiger partial charge in [-0.15, -0.1) is 0 Å². The first-order valence-corrected chi connectivity index (χ1v) is 5.36. The van der Waals surface area contributed by atoms with Crippen molar-refractivity contribution in [1.82, 2.24) is 4.98 Å². The number of aromatic nitrogens is 1. The minimum atomic E-state index is 0.472. The van der Waals surface area contributed by atoms with E-state index >= 15 is 0 Å². The van der Waals surface area contributed by atoms with Crippen molar-refractivity contribution in [2.75, 3.05) is 0 Å². The van der Waals surface area contributed by atoms with E-state index in [1.54, 1.807) is 0 Å². The van der Waals surface area contributed by atoms with E-state index in [1.165, 1.54) is 11.1 Å². The summed E-state index contributed by atoms with van der Waals surface area (Å²) in [5.74, 6) is 0.472. The molecule has 1 aromatic heterocycles. The van der Waals surface area contributed by atoms with E-state index in [-0.39, 0.29) is 0 Å². The van der Waals surface area contributed by atoms with Crippen LogP contribution < -0.4 is 0 Å². The number of hydrogen-bond donors (Lipinski definition) is 0. The Morgan fingerprint density at radius 1 is 1.00 bits per heavy atom. The van der Waals surface area contributed by atoms with Crippen LogP contribution in [0.25, 0.3) is 0 Å². The maximum Gasteiger partial charge on any atom is 0.0306 e. The largest absolute Gasteiger partial charge is 0.264 e. The van der Waals surface area contributed by atoms with E-state index < -0.39 is 0 Å². The highest BCUT2D eigenvalue weighted by atomic mass is 14.6. The minimum Gasteiger partial charge on any atom is -0.264 e. The normalized spacial score (nSPS) is 12.3. The van der Waals surface area contributed by atoms with Gasteiger partial charge in [-0.25, -0.2) is 0 Å². The molecule has 0 aliphatic rings. The lowest BCUT2D eigenvalue weighted by atomic mass is 9.90. The molecule has 0 aliphatic carbocycles. The summed E-state index contributed by atoms with van der Waals surface area (Å²) < 4.78 is 0. The Labute approximate surface area is 90.8 Å². The third-order valence-electron chi connectivity index (χ3n) is 2.70. The van der Waals surface area contributed by atoms with Gasteiger partial charge in [-0.2, -0.15) is 0 Å². The first-order chi connectivity index (χ1) is 7.42. The summed E-state index contributed by atoms with van der Waals surface area (Å²) in [5, 5.41) is 0. The summed E-state index contributed by atoms with van der Waals surface area (Å²) in [4.78, 5) is 4.18. The van der Waals surface area contributed by atoms with E-state index in [0.717, 1.165) is 6.42 Å².